The number of rotatable bonds is 6. The molecule has 1 aliphatic rings. The second-order valence-electron chi connectivity index (χ2n) is 5.81. The zero-order chi connectivity index (χ0) is 18.4. The van der Waals surface area contributed by atoms with Gasteiger partial charge in [-0.2, -0.15) is 0 Å². The standard InChI is InChI=1S/C17H23NO7/c1-10(20)18-14-16(24-11(2)21)15(22)13(8-19)25-17(14)23-9-12-6-4-3-5-7-12/h3-7,13-17,19,22H,8-9H2,1-2H3,(H,18,20)/t13-,14-,15-,16-,17+/m1/s1. The van der Waals surface area contributed by atoms with Crippen molar-refractivity contribution in [3.05, 3.63) is 35.9 Å². The van der Waals surface area contributed by atoms with E-state index in [0.717, 1.165) is 5.56 Å². The second kappa shape index (κ2) is 8.91. The van der Waals surface area contributed by atoms with E-state index >= 15 is 0 Å². The fourth-order valence-electron chi connectivity index (χ4n) is 2.68. The highest BCUT2D eigenvalue weighted by molar-refractivity contribution is 5.73. The van der Waals surface area contributed by atoms with Crippen molar-refractivity contribution >= 4 is 11.9 Å². The lowest BCUT2D eigenvalue weighted by Crippen LogP contribution is -2.65. The molecule has 8 nitrogen and oxygen atoms in total. The Bertz CT molecular complexity index is 580. The number of benzene rings is 1. The van der Waals surface area contributed by atoms with Crippen molar-refractivity contribution in [2.45, 2.75) is 51.1 Å². The van der Waals surface area contributed by atoms with Crippen LogP contribution in [0.5, 0.6) is 0 Å². The molecule has 138 valence electrons. The molecule has 0 bridgehead atoms. The van der Waals surface area contributed by atoms with Crippen molar-refractivity contribution in [3.8, 4) is 0 Å². The molecule has 0 unspecified atom stereocenters. The molecule has 0 aliphatic carbocycles. The summed E-state index contributed by atoms with van der Waals surface area (Å²) in [7, 11) is 0. The topological polar surface area (TPSA) is 114 Å². The van der Waals surface area contributed by atoms with Gasteiger partial charge in [0, 0.05) is 13.8 Å². The fraction of sp³-hybridized carbons (Fsp3) is 0.529. The minimum absolute atomic E-state index is 0.183. The molecule has 1 heterocycles. The molecule has 1 saturated heterocycles. The number of amides is 1. The molecular weight excluding hydrogens is 330 g/mol. The van der Waals surface area contributed by atoms with Crippen LogP contribution in [0.15, 0.2) is 30.3 Å². The third-order valence-corrected chi connectivity index (χ3v) is 3.78. The molecule has 1 amide bonds. The highest BCUT2D eigenvalue weighted by Crippen LogP contribution is 2.25. The van der Waals surface area contributed by atoms with Crippen LogP contribution in [0, 0.1) is 0 Å². The minimum atomic E-state index is -1.30. The Hall–Kier alpha value is -2.00. The Balaban J connectivity index is 2.19. The maximum absolute atomic E-state index is 11.5. The average Bonchev–Trinajstić information content (AvgIpc) is 2.57. The van der Waals surface area contributed by atoms with Gasteiger partial charge in [0.15, 0.2) is 12.4 Å². The SMILES string of the molecule is CC(=O)N[C@H]1[C@@H](OCc2ccccc2)O[C@H](CO)[C@@H](O)[C@@H]1OC(C)=O. The lowest BCUT2D eigenvalue weighted by Gasteiger charge is -2.43. The van der Waals surface area contributed by atoms with Crippen LogP contribution in [0.2, 0.25) is 0 Å². The van der Waals surface area contributed by atoms with Crippen LogP contribution < -0.4 is 5.32 Å². The van der Waals surface area contributed by atoms with E-state index in [-0.39, 0.29) is 6.61 Å². The summed E-state index contributed by atoms with van der Waals surface area (Å²) in [4.78, 5) is 22.9. The Morgan fingerprint density at radius 2 is 1.92 bits per heavy atom. The zero-order valence-electron chi connectivity index (χ0n) is 14.1. The second-order valence-corrected chi connectivity index (χ2v) is 5.81. The van der Waals surface area contributed by atoms with Crippen molar-refractivity contribution in [1.82, 2.24) is 5.32 Å². The van der Waals surface area contributed by atoms with E-state index in [1.54, 1.807) is 0 Å². The smallest absolute Gasteiger partial charge is 0.303 e. The molecule has 8 heteroatoms. The van der Waals surface area contributed by atoms with E-state index in [9.17, 15) is 19.8 Å². The van der Waals surface area contributed by atoms with Gasteiger partial charge >= 0.3 is 5.97 Å². The summed E-state index contributed by atoms with van der Waals surface area (Å²) in [6.07, 6.45) is -4.42. The fourth-order valence-corrected chi connectivity index (χ4v) is 2.68. The molecule has 1 aliphatic heterocycles. The van der Waals surface area contributed by atoms with Gasteiger partial charge in [-0.1, -0.05) is 30.3 Å². The number of hydrogen-bond acceptors (Lipinski definition) is 7. The van der Waals surface area contributed by atoms with Gasteiger partial charge in [-0.05, 0) is 5.56 Å². The Morgan fingerprint density at radius 1 is 1.24 bits per heavy atom. The predicted molar refractivity (Wildman–Crippen MR) is 86.1 cm³/mol. The molecular formula is C17H23NO7. The van der Waals surface area contributed by atoms with Crippen molar-refractivity contribution < 1.29 is 34.0 Å². The molecule has 1 aromatic carbocycles. The first-order valence-corrected chi connectivity index (χ1v) is 7.96. The van der Waals surface area contributed by atoms with Gasteiger partial charge < -0.3 is 29.7 Å². The summed E-state index contributed by atoms with van der Waals surface area (Å²) in [6, 6.07) is 8.38. The number of carbonyl (C=O) groups excluding carboxylic acids is 2. The highest BCUT2D eigenvalue weighted by atomic mass is 16.7. The first-order valence-electron chi connectivity index (χ1n) is 7.96. The van der Waals surface area contributed by atoms with E-state index in [0.29, 0.717) is 0 Å². The average molecular weight is 353 g/mol. The van der Waals surface area contributed by atoms with Gasteiger partial charge in [-0.15, -0.1) is 0 Å². The zero-order valence-corrected chi connectivity index (χ0v) is 14.1. The first-order chi connectivity index (χ1) is 11.9. The van der Waals surface area contributed by atoms with E-state index in [4.69, 9.17) is 14.2 Å². The molecule has 25 heavy (non-hydrogen) atoms. The van der Waals surface area contributed by atoms with Gasteiger partial charge in [0.2, 0.25) is 5.91 Å². The van der Waals surface area contributed by atoms with Gasteiger partial charge in [0.05, 0.1) is 13.2 Å². The van der Waals surface area contributed by atoms with Crippen molar-refractivity contribution in [1.29, 1.82) is 0 Å². The molecule has 0 radical (unpaired) electrons. The van der Waals surface area contributed by atoms with Crippen molar-refractivity contribution in [2.24, 2.45) is 0 Å². The van der Waals surface area contributed by atoms with Crippen molar-refractivity contribution in [3.63, 3.8) is 0 Å². The Labute approximate surface area is 145 Å². The third kappa shape index (κ3) is 5.23. The van der Waals surface area contributed by atoms with Crippen LogP contribution in [0.3, 0.4) is 0 Å². The summed E-state index contributed by atoms with van der Waals surface area (Å²) in [5, 5.41) is 22.3. The van der Waals surface area contributed by atoms with Crippen LogP contribution in [-0.4, -0.2) is 59.3 Å². The van der Waals surface area contributed by atoms with Crippen LogP contribution in [0.25, 0.3) is 0 Å². The summed E-state index contributed by atoms with van der Waals surface area (Å²) < 4.78 is 16.4. The van der Waals surface area contributed by atoms with E-state index in [2.05, 4.69) is 5.32 Å². The molecule has 3 N–H and O–H groups in total. The maximum Gasteiger partial charge on any atom is 0.303 e. The van der Waals surface area contributed by atoms with E-state index < -0.39 is 49.1 Å². The molecule has 1 fully saturated rings. The number of ether oxygens (including phenoxy) is 3. The Morgan fingerprint density at radius 3 is 2.48 bits per heavy atom. The largest absolute Gasteiger partial charge is 0.457 e. The molecule has 0 spiro atoms. The number of nitrogens with one attached hydrogen (secondary N) is 1. The summed E-state index contributed by atoms with van der Waals surface area (Å²) in [6.45, 7) is 2.18. The minimum Gasteiger partial charge on any atom is -0.457 e. The number of carbonyl (C=O) groups is 2. The summed E-state index contributed by atoms with van der Waals surface area (Å²) >= 11 is 0. The monoisotopic (exact) mass is 353 g/mol. The van der Waals surface area contributed by atoms with Crippen LogP contribution in [-0.2, 0) is 30.4 Å². The first kappa shape index (κ1) is 19.3. The maximum atomic E-state index is 11.5. The van der Waals surface area contributed by atoms with Crippen molar-refractivity contribution in [2.75, 3.05) is 6.61 Å². The van der Waals surface area contributed by atoms with E-state index in [1.807, 2.05) is 30.3 Å². The van der Waals surface area contributed by atoms with Crippen LogP contribution in [0.1, 0.15) is 19.4 Å². The van der Waals surface area contributed by atoms with Crippen LogP contribution in [0.4, 0.5) is 0 Å². The molecule has 5 atom stereocenters. The number of aliphatic hydroxyl groups excluding tert-OH is 2. The number of hydrogen-bond donors (Lipinski definition) is 3. The van der Waals surface area contributed by atoms with Gasteiger partial charge in [-0.25, -0.2) is 0 Å². The summed E-state index contributed by atoms with van der Waals surface area (Å²) in [5.41, 5.74) is 0.878. The molecule has 1 aromatic rings. The third-order valence-electron chi connectivity index (χ3n) is 3.78. The van der Waals surface area contributed by atoms with Crippen LogP contribution >= 0.6 is 0 Å². The summed E-state index contributed by atoms with van der Waals surface area (Å²) in [5.74, 6) is -1.02. The van der Waals surface area contributed by atoms with E-state index in [1.165, 1.54) is 13.8 Å². The number of aliphatic hydroxyl groups is 2. The molecule has 0 aromatic heterocycles. The predicted octanol–water partition coefficient (Wildman–Crippen LogP) is -0.282. The quantitative estimate of drug-likeness (QED) is 0.603. The Kier molecular flexibility index (Phi) is 6.89. The number of esters is 1. The highest BCUT2D eigenvalue weighted by Gasteiger charge is 2.48. The van der Waals surface area contributed by atoms with Gasteiger partial charge in [-0.3, -0.25) is 9.59 Å². The normalized spacial score (nSPS) is 29.0. The lowest BCUT2D eigenvalue weighted by molar-refractivity contribution is -0.276. The van der Waals surface area contributed by atoms with Gasteiger partial charge in [0.25, 0.3) is 0 Å². The molecule has 0 saturated carbocycles. The lowest BCUT2D eigenvalue weighted by atomic mass is 9.96. The molecule has 2 rings (SSSR count). The van der Waals surface area contributed by atoms with Gasteiger partial charge in [0.1, 0.15) is 18.2 Å².